The zero-order valence-electron chi connectivity index (χ0n) is 20.2. The number of unbranched alkanes of at least 4 members (excludes halogenated alkanes) is 3. The van der Waals surface area contributed by atoms with Crippen LogP contribution in [0.3, 0.4) is 0 Å². The van der Waals surface area contributed by atoms with Crippen LogP contribution < -0.4 is 0 Å². The molecule has 0 aliphatic heterocycles. The second kappa shape index (κ2) is 11.5. The van der Waals surface area contributed by atoms with E-state index in [-0.39, 0.29) is 12.8 Å². The normalized spacial score (nSPS) is 16.0. The number of rotatable bonds is 12. The first-order valence-corrected chi connectivity index (χ1v) is 10.8. The molecule has 0 heterocycles. The minimum absolute atomic E-state index is 0.0588. The van der Waals surface area contributed by atoms with E-state index >= 15 is 0 Å². The number of carboxylic acid groups (broad SMARTS) is 2. The van der Waals surface area contributed by atoms with Crippen LogP contribution in [0, 0.1) is 16.2 Å². The number of carbonyl (C=O) groups excluding carboxylic acids is 2. The summed E-state index contributed by atoms with van der Waals surface area (Å²) < 4.78 is 11.1. The monoisotopic (exact) mass is 444 g/mol. The average molecular weight is 445 g/mol. The highest BCUT2D eigenvalue weighted by Crippen LogP contribution is 2.39. The molecule has 2 unspecified atom stereocenters. The van der Waals surface area contributed by atoms with Crippen LogP contribution >= 0.6 is 0 Å². The molecule has 0 aromatic carbocycles. The van der Waals surface area contributed by atoms with Crippen molar-refractivity contribution in [3.05, 3.63) is 0 Å². The van der Waals surface area contributed by atoms with Crippen molar-refractivity contribution in [2.24, 2.45) is 16.2 Å². The van der Waals surface area contributed by atoms with Gasteiger partial charge in [0.15, 0.2) is 0 Å². The van der Waals surface area contributed by atoms with Gasteiger partial charge in [0.2, 0.25) is 0 Å². The van der Waals surface area contributed by atoms with Crippen molar-refractivity contribution in [2.45, 2.75) is 106 Å². The van der Waals surface area contributed by atoms with Crippen molar-refractivity contribution in [1.82, 2.24) is 0 Å². The van der Waals surface area contributed by atoms with Gasteiger partial charge in [-0.3, -0.25) is 19.2 Å². The molecule has 0 rings (SSSR count). The van der Waals surface area contributed by atoms with Crippen LogP contribution in [-0.4, -0.2) is 46.3 Å². The molecule has 31 heavy (non-hydrogen) atoms. The van der Waals surface area contributed by atoms with Crippen LogP contribution in [-0.2, 0) is 28.7 Å². The molecular weight excluding hydrogens is 404 g/mol. The summed E-state index contributed by atoms with van der Waals surface area (Å²) in [5, 5.41) is 19.0. The lowest BCUT2D eigenvalue weighted by atomic mass is 9.73. The van der Waals surface area contributed by atoms with Crippen molar-refractivity contribution < 1.29 is 38.9 Å². The fourth-order valence-electron chi connectivity index (χ4n) is 3.12. The van der Waals surface area contributed by atoms with Crippen molar-refractivity contribution in [1.29, 1.82) is 0 Å². The highest BCUT2D eigenvalue weighted by atomic mass is 16.6. The van der Waals surface area contributed by atoms with E-state index in [1.54, 1.807) is 41.5 Å². The summed E-state index contributed by atoms with van der Waals surface area (Å²) in [6.07, 6.45) is 0.294. The van der Waals surface area contributed by atoms with E-state index < -0.39 is 52.3 Å². The number of carbonyl (C=O) groups is 4. The molecule has 0 radical (unpaired) electrons. The second-order valence-corrected chi connectivity index (χ2v) is 10.2. The topological polar surface area (TPSA) is 127 Å². The third-order valence-corrected chi connectivity index (χ3v) is 5.37. The van der Waals surface area contributed by atoms with Gasteiger partial charge in [0.25, 0.3) is 0 Å². The summed E-state index contributed by atoms with van der Waals surface area (Å²) in [4.78, 5) is 48.1. The molecule has 0 fully saturated rings. The molecule has 0 aromatic rings. The average Bonchev–Trinajstić information content (AvgIpc) is 2.58. The molecule has 180 valence electrons. The molecule has 0 bridgehead atoms. The van der Waals surface area contributed by atoms with E-state index in [0.29, 0.717) is 25.7 Å². The van der Waals surface area contributed by atoms with Crippen LogP contribution in [0.25, 0.3) is 0 Å². The molecule has 0 amide bonds. The Balaban J connectivity index is 5.69. The maximum absolute atomic E-state index is 12.5. The molecule has 2 atom stereocenters. The fourth-order valence-corrected chi connectivity index (χ4v) is 3.12. The summed E-state index contributed by atoms with van der Waals surface area (Å²) in [6.45, 7) is 13.1. The molecule has 2 N–H and O–H groups in total. The van der Waals surface area contributed by atoms with E-state index in [4.69, 9.17) is 14.6 Å². The van der Waals surface area contributed by atoms with Gasteiger partial charge in [-0.05, 0) is 68.2 Å². The molecule has 0 aliphatic carbocycles. The smallest absolute Gasteiger partial charge is 0.317 e. The maximum atomic E-state index is 12.5. The van der Waals surface area contributed by atoms with Crippen molar-refractivity contribution >= 4 is 23.9 Å². The van der Waals surface area contributed by atoms with Crippen molar-refractivity contribution in [3.63, 3.8) is 0 Å². The van der Waals surface area contributed by atoms with Crippen molar-refractivity contribution in [2.75, 3.05) is 0 Å². The number of hydrogen-bond acceptors (Lipinski definition) is 6. The van der Waals surface area contributed by atoms with E-state index in [9.17, 15) is 24.3 Å². The first kappa shape index (κ1) is 28.9. The Morgan fingerprint density at radius 2 is 1.10 bits per heavy atom. The molecule has 8 nitrogen and oxygen atoms in total. The Hall–Kier alpha value is -2.12. The van der Waals surface area contributed by atoms with Crippen molar-refractivity contribution in [3.8, 4) is 0 Å². The van der Waals surface area contributed by atoms with Gasteiger partial charge < -0.3 is 19.7 Å². The molecule has 0 saturated carbocycles. The minimum Gasteiger partial charge on any atom is -0.481 e. The first-order chi connectivity index (χ1) is 14.0. The van der Waals surface area contributed by atoms with E-state index in [1.807, 2.05) is 0 Å². The van der Waals surface area contributed by atoms with Crippen LogP contribution in [0.1, 0.15) is 93.9 Å². The largest absolute Gasteiger partial charge is 0.481 e. The predicted octanol–water partition coefficient (Wildman–Crippen LogP) is 4.44. The molecular formula is C23H40O8. The quantitative estimate of drug-likeness (QED) is 0.334. The van der Waals surface area contributed by atoms with Crippen LogP contribution in [0.5, 0.6) is 0 Å². The zero-order valence-corrected chi connectivity index (χ0v) is 20.2. The second-order valence-electron chi connectivity index (χ2n) is 10.2. The van der Waals surface area contributed by atoms with E-state index in [2.05, 4.69) is 0 Å². The fraction of sp³-hybridized carbons (Fsp3) is 0.826. The SMILES string of the molecule is CC(OC(=O)C(C)(C)C)C(CCCCCCC(=O)O)(C(=O)O)C(C)OC(=O)C(C)(C)C. The Kier molecular flexibility index (Phi) is 10.7. The van der Waals surface area contributed by atoms with Gasteiger partial charge in [-0.2, -0.15) is 0 Å². The highest BCUT2D eigenvalue weighted by Gasteiger charge is 2.53. The Morgan fingerprint density at radius 1 is 0.710 bits per heavy atom. The standard InChI is InChI=1S/C23H40O8/c1-15(30-19(28)21(3,4)5)23(18(26)27,14-12-10-9-11-13-17(24)25)16(2)31-20(29)22(6,7)8/h15-16H,9-14H2,1-8H3,(H,24,25)(H,26,27). The van der Waals surface area contributed by atoms with Gasteiger partial charge in [0, 0.05) is 6.42 Å². The Morgan fingerprint density at radius 3 is 1.42 bits per heavy atom. The Labute approximate surface area is 185 Å². The van der Waals surface area contributed by atoms with Crippen LogP contribution in [0.2, 0.25) is 0 Å². The maximum Gasteiger partial charge on any atom is 0.317 e. The number of hydrogen-bond donors (Lipinski definition) is 2. The number of carboxylic acids is 2. The van der Waals surface area contributed by atoms with Gasteiger partial charge in [-0.1, -0.05) is 19.3 Å². The highest BCUT2D eigenvalue weighted by molar-refractivity contribution is 5.80. The molecule has 0 saturated heterocycles. The first-order valence-electron chi connectivity index (χ1n) is 10.8. The summed E-state index contributed by atoms with van der Waals surface area (Å²) in [5.41, 5.74) is -3.27. The van der Waals surface area contributed by atoms with E-state index in [1.165, 1.54) is 13.8 Å². The molecule has 0 spiro atoms. The van der Waals surface area contributed by atoms with Gasteiger partial charge in [-0.25, -0.2) is 0 Å². The lowest BCUT2D eigenvalue weighted by molar-refractivity contribution is -0.193. The van der Waals surface area contributed by atoms with Crippen LogP contribution in [0.15, 0.2) is 0 Å². The minimum atomic E-state index is -1.63. The number of aliphatic carboxylic acids is 2. The lowest BCUT2D eigenvalue weighted by Gasteiger charge is -2.40. The summed E-state index contributed by atoms with van der Waals surface area (Å²) in [7, 11) is 0. The van der Waals surface area contributed by atoms with E-state index in [0.717, 1.165) is 0 Å². The van der Waals surface area contributed by atoms with Gasteiger partial charge in [0.1, 0.15) is 17.6 Å². The Bertz CT molecular complexity index is 605. The summed E-state index contributed by atoms with van der Waals surface area (Å²) in [6, 6.07) is 0. The number of esters is 2. The zero-order chi connectivity index (χ0) is 24.6. The molecule has 0 aromatic heterocycles. The van der Waals surface area contributed by atoms with Gasteiger partial charge in [0.05, 0.1) is 10.8 Å². The molecule has 0 aliphatic rings. The summed E-state index contributed by atoms with van der Waals surface area (Å²) in [5.74, 6) is -3.16. The number of ether oxygens (including phenoxy) is 2. The predicted molar refractivity (Wildman–Crippen MR) is 115 cm³/mol. The van der Waals surface area contributed by atoms with Gasteiger partial charge >= 0.3 is 23.9 Å². The van der Waals surface area contributed by atoms with Gasteiger partial charge in [-0.15, -0.1) is 0 Å². The third kappa shape index (κ3) is 8.87. The lowest BCUT2D eigenvalue weighted by Crippen LogP contribution is -2.53. The summed E-state index contributed by atoms with van der Waals surface area (Å²) >= 11 is 0. The van der Waals surface area contributed by atoms with Crippen LogP contribution in [0.4, 0.5) is 0 Å². The molecule has 8 heteroatoms. The third-order valence-electron chi connectivity index (χ3n) is 5.37.